The molecule has 0 aromatic carbocycles. The van der Waals surface area contributed by atoms with E-state index in [2.05, 4.69) is 14.7 Å². The van der Waals surface area contributed by atoms with Crippen LogP contribution in [0.5, 0.6) is 0 Å². The number of carbonyl (C=O) groups excluding carboxylic acids is 2. The predicted octanol–water partition coefficient (Wildman–Crippen LogP) is 1.17. The molecule has 0 N–H and O–H groups in total. The SMILES string of the molecule is O=Cc1nc(C(=O)c2ccon2)cs1. The van der Waals surface area contributed by atoms with Gasteiger partial charge in [-0.15, -0.1) is 11.3 Å². The van der Waals surface area contributed by atoms with Gasteiger partial charge in [-0.1, -0.05) is 5.16 Å². The van der Waals surface area contributed by atoms with Crippen molar-refractivity contribution in [2.45, 2.75) is 0 Å². The first-order valence-corrected chi connectivity index (χ1v) is 4.55. The minimum Gasteiger partial charge on any atom is -0.364 e. The minimum atomic E-state index is -0.344. The number of thiazole rings is 1. The van der Waals surface area contributed by atoms with E-state index in [-0.39, 0.29) is 22.2 Å². The Morgan fingerprint density at radius 1 is 1.50 bits per heavy atom. The molecule has 5 nitrogen and oxygen atoms in total. The summed E-state index contributed by atoms with van der Waals surface area (Å²) in [5.41, 5.74) is 0.402. The third-order valence-electron chi connectivity index (χ3n) is 1.53. The molecule has 0 fully saturated rings. The molecule has 70 valence electrons. The lowest BCUT2D eigenvalue weighted by atomic mass is 10.2. The van der Waals surface area contributed by atoms with Crippen molar-refractivity contribution < 1.29 is 14.1 Å². The van der Waals surface area contributed by atoms with Crippen LogP contribution in [-0.2, 0) is 0 Å². The van der Waals surface area contributed by atoms with Gasteiger partial charge in [0.1, 0.15) is 12.0 Å². The molecular weight excluding hydrogens is 204 g/mol. The summed E-state index contributed by atoms with van der Waals surface area (Å²) in [6, 6.07) is 1.45. The molecule has 0 atom stereocenters. The molecule has 0 saturated carbocycles. The Labute approximate surface area is 82.4 Å². The Kier molecular flexibility index (Phi) is 2.19. The molecule has 14 heavy (non-hydrogen) atoms. The minimum absolute atomic E-state index is 0.188. The number of rotatable bonds is 3. The first-order valence-electron chi connectivity index (χ1n) is 3.67. The van der Waals surface area contributed by atoms with Crippen LogP contribution >= 0.6 is 11.3 Å². The fraction of sp³-hybridized carbons (Fsp3) is 0. The monoisotopic (exact) mass is 208 g/mol. The number of nitrogens with zero attached hydrogens (tertiary/aromatic N) is 2. The fourth-order valence-corrected chi connectivity index (χ4v) is 1.51. The zero-order valence-electron chi connectivity index (χ0n) is 6.84. The standard InChI is InChI=1S/C8H4N2O3S/c11-3-7-9-6(4-14-7)8(12)5-1-2-13-10-5/h1-4H. The summed E-state index contributed by atoms with van der Waals surface area (Å²) < 4.78 is 4.53. The van der Waals surface area contributed by atoms with E-state index >= 15 is 0 Å². The topological polar surface area (TPSA) is 73.1 Å². The highest BCUT2D eigenvalue weighted by molar-refractivity contribution is 7.11. The lowest BCUT2D eigenvalue weighted by molar-refractivity contribution is 0.102. The van der Waals surface area contributed by atoms with Crippen LogP contribution in [0.1, 0.15) is 26.0 Å². The first-order chi connectivity index (χ1) is 6.81. The lowest BCUT2D eigenvalue weighted by Crippen LogP contribution is -2.01. The van der Waals surface area contributed by atoms with Gasteiger partial charge in [-0.05, 0) is 0 Å². The van der Waals surface area contributed by atoms with Gasteiger partial charge in [0.2, 0.25) is 5.78 Å². The molecule has 0 amide bonds. The Balaban J connectivity index is 2.32. The van der Waals surface area contributed by atoms with E-state index in [4.69, 9.17) is 0 Å². The van der Waals surface area contributed by atoms with Crippen molar-refractivity contribution in [1.82, 2.24) is 10.1 Å². The van der Waals surface area contributed by atoms with E-state index < -0.39 is 0 Å². The van der Waals surface area contributed by atoms with Crippen molar-refractivity contribution in [2.75, 3.05) is 0 Å². The summed E-state index contributed by atoms with van der Waals surface area (Å²) in [6.07, 6.45) is 1.91. The van der Waals surface area contributed by atoms with E-state index in [9.17, 15) is 9.59 Å². The van der Waals surface area contributed by atoms with Crippen molar-refractivity contribution in [3.05, 3.63) is 34.1 Å². The summed E-state index contributed by atoms with van der Waals surface area (Å²) >= 11 is 1.12. The molecule has 0 bridgehead atoms. The zero-order chi connectivity index (χ0) is 9.97. The number of aldehydes is 1. The van der Waals surface area contributed by atoms with E-state index in [1.807, 2.05) is 0 Å². The normalized spacial score (nSPS) is 10.0. The van der Waals surface area contributed by atoms with Gasteiger partial charge < -0.3 is 4.52 Å². The van der Waals surface area contributed by atoms with Crippen LogP contribution in [0.25, 0.3) is 0 Å². The number of aromatic nitrogens is 2. The fourth-order valence-electron chi connectivity index (χ4n) is 0.907. The van der Waals surface area contributed by atoms with Crippen molar-refractivity contribution in [1.29, 1.82) is 0 Å². The summed E-state index contributed by atoms with van der Waals surface area (Å²) in [6.45, 7) is 0. The highest BCUT2D eigenvalue weighted by Crippen LogP contribution is 2.11. The maximum atomic E-state index is 11.5. The van der Waals surface area contributed by atoms with Gasteiger partial charge in [0.25, 0.3) is 0 Å². The molecular formula is C8H4N2O3S. The number of hydrogen-bond acceptors (Lipinski definition) is 6. The summed E-state index contributed by atoms with van der Waals surface area (Å²) in [5.74, 6) is -0.344. The smallest absolute Gasteiger partial charge is 0.234 e. The molecule has 0 unspecified atom stereocenters. The Morgan fingerprint density at radius 2 is 2.36 bits per heavy atom. The van der Waals surface area contributed by atoms with E-state index in [0.29, 0.717) is 6.29 Å². The molecule has 0 aliphatic carbocycles. The third-order valence-corrected chi connectivity index (χ3v) is 2.30. The van der Waals surface area contributed by atoms with Crippen LogP contribution in [0, 0.1) is 0 Å². The maximum absolute atomic E-state index is 11.5. The number of hydrogen-bond donors (Lipinski definition) is 0. The molecule has 2 heterocycles. The third kappa shape index (κ3) is 1.47. The second-order valence-corrected chi connectivity index (χ2v) is 3.29. The van der Waals surface area contributed by atoms with Crippen LogP contribution in [0.2, 0.25) is 0 Å². The average molecular weight is 208 g/mol. The maximum Gasteiger partial charge on any atom is 0.234 e. The Morgan fingerprint density at radius 3 is 2.93 bits per heavy atom. The van der Waals surface area contributed by atoms with Crippen LogP contribution in [0.3, 0.4) is 0 Å². The molecule has 2 aromatic rings. The average Bonchev–Trinajstić information content (AvgIpc) is 2.88. The second kappa shape index (κ2) is 3.51. The zero-order valence-corrected chi connectivity index (χ0v) is 7.65. The quantitative estimate of drug-likeness (QED) is 0.559. The predicted molar refractivity (Wildman–Crippen MR) is 47.4 cm³/mol. The molecule has 0 radical (unpaired) electrons. The molecule has 0 aliphatic rings. The van der Waals surface area contributed by atoms with Gasteiger partial charge in [0.15, 0.2) is 17.0 Å². The van der Waals surface area contributed by atoms with Gasteiger partial charge in [-0.3, -0.25) is 9.59 Å². The molecule has 0 saturated heterocycles. The van der Waals surface area contributed by atoms with Crippen molar-refractivity contribution in [3.8, 4) is 0 Å². The highest BCUT2D eigenvalue weighted by Gasteiger charge is 2.15. The highest BCUT2D eigenvalue weighted by atomic mass is 32.1. The first kappa shape index (κ1) is 8.76. The van der Waals surface area contributed by atoms with E-state index in [0.717, 1.165) is 11.3 Å². The summed E-state index contributed by atoms with van der Waals surface area (Å²) in [7, 11) is 0. The Hall–Kier alpha value is -1.82. The molecule has 6 heteroatoms. The van der Waals surface area contributed by atoms with Gasteiger partial charge in [0, 0.05) is 11.4 Å². The van der Waals surface area contributed by atoms with Crippen LogP contribution in [-0.4, -0.2) is 22.2 Å². The second-order valence-electron chi connectivity index (χ2n) is 2.40. The largest absolute Gasteiger partial charge is 0.364 e. The molecule has 2 rings (SSSR count). The summed E-state index contributed by atoms with van der Waals surface area (Å²) in [5, 5.41) is 5.27. The molecule has 0 spiro atoms. The van der Waals surface area contributed by atoms with Gasteiger partial charge in [-0.2, -0.15) is 0 Å². The van der Waals surface area contributed by atoms with Crippen LogP contribution in [0.4, 0.5) is 0 Å². The lowest BCUT2D eigenvalue weighted by Gasteiger charge is -1.87. The van der Waals surface area contributed by atoms with Crippen LogP contribution < -0.4 is 0 Å². The van der Waals surface area contributed by atoms with E-state index in [1.165, 1.54) is 17.7 Å². The number of ketones is 1. The Bertz CT molecular complexity index is 461. The van der Waals surface area contributed by atoms with Crippen molar-refractivity contribution >= 4 is 23.4 Å². The van der Waals surface area contributed by atoms with Gasteiger partial charge >= 0.3 is 0 Å². The van der Waals surface area contributed by atoms with Crippen molar-refractivity contribution in [2.24, 2.45) is 0 Å². The van der Waals surface area contributed by atoms with E-state index in [1.54, 1.807) is 0 Å². The van der Waals surface area contributed by atoms with Gasteiger partial charge in [0.05, 0.1) is 0 Å². The van der Waals surface area contributed by atoms with Crippen molar-refractivity contribution in [3.63, 3.8) is 0 Å². The van der Waals surface area contributed by atoms with Gasteiger partial charge in [-0.25, -0.2) is 4.98 Å². The van der Waals surface area contributed by atoms with Crippen LogP contribution in [0.15, 0.2) is 22.2 Å². The molecule has 0 aliphatic heterocycles. The number of carbonyl (C=O) groups is 2. The summed E-state index contributed by atoms with van der Waals surface area (Å²) in [4.78, 5) is 25.7. The molecule has 2 aromatic heterocycles.